The van der Waals surface area contributed by atoms with Crippen molar-refractivity contribution in [3.8, 4) is 0 Å². The van der Waals surface area contributed by atoms with Gasteiger partial charge in [0.25, 0.3) is 5.78 Å². The number of hydrogen-bond acceptors (Lipinski definition) is 6. The number of anilines is 1. The Morgan fingerprint density at radius 1 is 1.22 bits per heavy atom. The lowest BCUT2D eigenvalue weighted by atomic mass is 9.84. The van der Waals surface area contributed by atoms with Gasteiger partial charge in [0.2, 0.25) is 0 Å². The average Bonchev–Trinajstić information content (AvgIpc) is 3.00. The zero-order valence-corrected chi connectivity index (χ0v) is 16.9. The Kier molecular flexibility index (Phi) is 3.99. The van der Waals surface area contributed by atoms with Gasteiger partial charge in [-0.2, -0.15) is 14.6 Å². The number of rotatable bonds is 4. The maximum Gasteiger partial charge on any atom is 0.254 e. The molecule has 1 aliphatic rings. The van der Waals surface area contributed by atoms with Crippen molar-refractivity contribution in [3.05, 3.63) is 47.4 Å². The van der Waals surface area contributed by atoms with E-state index in [0.717, 1.165) is 35.7 Å². The summed E-state index contributed by atoms with van der Waals surface area (Å²) in [6, 6.07) is 7.46. The molecule has 0 bridgehead atoms. The van der Waals surface area contributed by atoms with Crippen LogP contribution in [0.2, 0.25) is 0 Å². The van der Waals surface area contributed by atoms with Crippen LogP contribution in [0.15, 0.2) is 35.5 Å². The molecule has 0 amide bonds. The summed E-state index contributed by atoms with van der Waals surface area (Å²) in [6.45, 7) is 8.47. The summed E-state index contributed by atoms with van der Waals surface area (Å²) in [4.78, 5) is 11.8. The molecule has 1 aliphatic heterocycles. The summed E-state index contributed by atoms with van der Waals surface area (Å²) >= 11 is 0. The number of nitrogens with one attached hydrogen (secondary N) is 1. The molecule has 7 nitrogen and oxygen atoms in total. The Morgan fingerprint density at radius 2 is 1.89 bits per heavy atom. The molecule has 4 rings (SSSR count). The molecule has 0 radical (unpaired) electrons. The molecule has 1 unspecified atom stereocenters. The van der Waals surface area contributed by atoms with E-state index in [0.29, 0.717) is 22.5 Å². The van der Waals surface area contributed by atoms with E-state index in [9.17, 15) is 4.21 Å². The molecule has 1 saturated heterocycles. The summed E-state index contributed by atoms with van der Waals surface area (Å²) < 4.78 is 21.5. The minimum absolute atomic E-state index is 0.290. The first-order valence-corrected chi connectivity index (χ1v) is 10.9. The maximum absolute atomic E-state index is 11.9. The largest absolute Gasteiger partial charge is 0.355 e. The van der Waals surface area contributed by atoms with Crippen molar-refractivity contribution in [1.29, 1.82) is 4.78 Å². The van der Waals surface area contributed by atoms with Crippen LogP contribution in [-0.2, 0) is 16.1 Å². The van der Waals surface area contributed by atoms with Crippen LogP contribution in [0.4, 0.5) is 5.82 Å². The molecule has 0 spiro atoms. The van der Waals surface area contributed by atoms with E-state index in [1.807, 2.05) is 23.6 Å². The third-order valence-corrected chi connectivity index (χ3v) is 6.17. The first kappa shape index (κ1) is 17.9. The Hall–Kier alpha value is -2.48. The van der Waals surface area contributed by atoms with Crippen LogP contribution in [0.5, 0.6) is 0 Å². The van der Waals surface area contributed by atoms with Gasteiger partial charge in [-0.15, -0.1) is 0 Å². The van der Waals surface area contributed by atoms with E-state index in [2.05, 4.69) is 33.8 Å². The van der Waals surface area contributed by atoms with Crippen molar-refractivity contribution >= 4 is 21.3 Å². The highest BCUT2D eigenvalue weighted by molar-refractivity contribution is 7.91. The minimum Gasteiger partial charge on any atom is -0.355 e. The van der Waals surface area contributed by atoms with Gasteiger partial charge in [0.1, 0.15) is 12.1 Å². The lowest BCUT2D eigenvalue weighted by Gasteiger charge is -2.47. The number of aryl methyl sites for hydroxylation is 1. The van der Waals surface area contributed by atoms with E-state index in [1.54, 1.807) is 18.5 Å². The van der Waals surface area contributed by atoms with Crippen LogP contribution in [-0.4, -0.2) is 43.1 Å². The van der Waals surface area contributed by atoms with Crippen molar-refractivity contribution < 1.29 is 4.21 Å². The van der Waals surface area contributed by atoms with Gasteiger partial charge in [0, 0.05) is 41.9 Å². The van der Waals surface area contributed by atoms with Gasteiger partial charge >= 0.3 is 0 Å². The SMILES string of the molecule is Cc1nc2ncnn2c(N2CC(C)(C)C2)c1Cc1ccc(S(C)(=N)=O)cc1. The monoisotopic (exact) mass is 384 g/mol. The fourth-order valence-electron chi connectivity index (χ4n) is 3.71. The van der Waals surface area contributed by atoms with Gasteiger partial charge in [-0.05, 0) is 30.0 Å². The van der Waals surface area contributed by atoms with Crippen molar-refractivity contribution in [2.45, 2.75) is 32.1 Å². The van der Waals surface area contributed by atoms with Crippen molar-refractivity contribution in [2.24, 2.45) is 5.41 Å². The van der Waals surface area contributed by atoms with Crippen molar-refractivity contribution in [2.75, 3.05) is 24.2 Å². The van der Waals surface area contributed by atoms with Gasteiger partial charge in [-0.1, -0.05) is 26.0 Å². The fourth-order valence-corrected chi connectivity index (χ4v) is 4.36. The molecule has 1 atom stereocenters. The molecule has 1 fully saturated rings. The van der Waals surface area contributed by atoms with E-state index in [1.165, 1.54) is 6.26 Å². The second-order valence-corrected chi connectivity index (χ2v) is 10.3. The molecule has 27 heavy (non-hydrogen) atoms. The van der Waals surface area contributed by atoms with Crippen LogP contribution < -0.4 is 4.90 Å². The minimum atomic E-state index is -2.69. The van der Waals surface area contributed by atoms with Crippen LogP contribution >= 0.6 is 0 Å². The normalized spacial score (nSPS) is 18.3. The van der Waals surface area contributed by atoms with E-state index in [-0.39, 0.29) is 0 Å². The highest BCUT2D eigenvalue weighted by Crippen LogP contribution is 2.36. The molecule has 142 valence electrons. The van der Waals surface area contributed by atoms with Crippen LogP contribution in [0.25, 0.3) is 5.78 Å². The van der Waals surface area contributed by atoms with Crippen LogP contribution in [0.1, 0.15) is 30.7 Å². The second kappa shape index (κ2) is 6.02. The van der Waals surface area contributed by atoms with Crippen molar-refractivity contribution in [3.63, 3.8) is 0 Å². The molecule has 8 heteroatoms. The smallest absolute Gasteiger partial charge is 0.254 e. The summed E-state index contributed by atoms with van der Waals surface area (Å²) in [7, 11) is -2.69. The van der Waals surface area contributed by atoms with Gasteiger partial charge in [-0.3, -0.25) is 0 Å². The Morgan fingerprint density at radius 3 is 2.48 bits per heavy atom. The molecular weight excluding hydrogens is 360 g/mol. The Bertz CT molecular complexity index is 1110. The molecule has 3 aromatic rings. The summed E-state index contributed by atoms with van der Waals surface area (Å²) in [5.74, 6) is 1.67. The summed E-state index contributed by atoms with van der Waals surface area (Å²) in [5, 5.41) is 4.40. The van der Waals surface area contributed by atoms with Crippen molar-refractivity contribution in [1.82, 2.24) is 19.6 Å². The average molecular weight is 385 g/mol. The first-order valence-electron chi connectivity index (χ1n) is 8.91. The van der Waals surface area contributed by atoms with Gasteiger partial charge < -0.3 is 4.90 Å². The molecular formula is C19H24N6OS. The number of nitrogens with zero attached hydrogens (tertiary/aromatic N) is 5. The highest BCUT2D eigenvalue weighted by Gasteiger charge is 2.37. The molecule has 1 aromatic carbocycles. The van der Waals surface area contributed by atoms with E-state index >= 15 is 0 Å². The predicted molar refractivity (Wildman–Crippen MR) is 106 cm³/mol. The molecule has 1 N–H and O–H groups in total. The quantitative estimate of drug-likeness (QED) is 0.747. The van der Waals surface area contributed by atoms with E-state index < -0.39 is 9.73 Å². The topological polar surface area (TPSA) is 87.2 Å². The highest BCUT2D eigenvalue weighted by atomic mass is 32.2. The van der Waals surface area contributed by atoms with Gasteiger partial charge in [-0.25, -0.2) is 14.0 Å². The Balaban J connectivity index is 1.76. The second-order valence-electron chi connectivity index (χ2n) is 8.16. The molecule has 0 aliphatic carbocycles. The molecule has 2 aromatic heterocycles. The van der Waals surface area contributed by atoms with E-state index in [4.69, 9.17) is 4.78 Å². The fraction of sp³-hybridized carbons (Fsp3) is 0.421. The number of benzene rings is 1. The summed E-state index contributed by atoms with van der Waals surface area (Å²) in [5.41, 5.74) is 3.45. The maximum atomic E-state index is 11.9. The third kappa shape index (κ3) is 3.29. The molecule has 3 heterocycles. The zero-order chi connectivity index (χ0) is 19.4. The standard InChI is InChI=1S/C19H24N6OS/c1-13-16(9-14-5-7-15(8-6-14)27(4,20)26)17(24-10-19(2,3)11-24)25-18(23-13)21-12-22-25/h5-8,12,20H,9-11H2,1-4H3. The number of aromatic nitrogens is 4. The Labute approximate surface area is 159 Å². The van der Waals surface area contributed by atoms with Crippen LogP contribution in [0.3, 0.4) is 0 Å². The first-order chi connectivity index (χ1) is 12.6. The summed E-state index contributed by atoms with van der Waals surface area (Å²) in [6.07, 6.45) is 3.68. The van der Waals surface area contributed by atoms with Gasteiger partial charge in [0.15, 0.2) is 0 Å². The van der Waals surface area contributed by atoms with Crippen LogP contribution in [0, 0.1) is 17.1 Å². The van der Waals surface area contributed by atoms with Gasteiger partial charge in [0.05, 0.1) is 9.73 Å². The lowest BCUT2D eigenvalue weighted by Crippen LogP contribution is -2.54. The number of hydrogen-bond donors (Lipinski definition) is 1. The zero-order valence-electron chi connectivity index (χ0n) is 16.1. The predicted octanol–water partition coefficient (Wildman–Crippen LogP) is 2.91. The lowest BCUT2D eigenvalue weighted by molar-refractivity contribution is 0.272. The third-order valence-electron chi connectivity index (χ3n) is 5.00. The molecule has 0 saturated carbocycles. The number of fused-ring (bicyclic) bond motifs is 1.